The fraction of sp³-hybridized carbons (Fsp3) is 0.278. The lowest BCUT2D eigenvalue weighted by Crippen LogP contribution is -2.02. The Morgan fingerprint density at radius 2 is 1.74 bits per heavy atom. The summed E-state index contributed by atoms with van der Waals surface area (Å²) in [5.41, 5.74) is 4.55. The molecule has 0 aliphatic rings. The zero-order chi connectivity index (χ0) is 13.7. The van der Waals surface area contributed by atoms with Gasteiger partial charge in [-0.05, 0) is 37.0 Å². The zero-order valence-corrected chi connectivity index (χ0v) is 11.6. The van der Waals surface area contributed by atoms with Crippen LogP contribution in [0.2, 0.25) is 0 Å². The first kappa shape index (κ1) is 13.5. The predicted molar refractivity (Wildman–Crippen MR) is 79.7 cm³/mol. The van der Waals surface area contributed by atoms with E-state index in [0.29, 0.717) is 6.42 Å². The summed E-state index contributed by atoms with van der Waals surface area (Å²) in [5, 5.41) is 0. The number of aryl methyl sites for hydroxylation is 3. The van der Waals surface area contributed by atoms with E-state index in [9.17, 15) is 4.79 Å². The summed E-state index contributed by atoms with van der Waals surface area (Å²) in [4.78, 5) is 12.2. The topological polar surface area (TPSA) is 17.1 Å². The van der Waals surface area contributed by atoms with Crippen molar-refractivity contribution in [1.82, 2.24) is 0 Å². The molecule has 0 heterocycles. The summed E-state index contributed by atoms with van der Waals surface area (Å²) in [6, 6.07) is 16.4. The van der Waals surface area contributed by atoms with Crippen molar-refractivity contribution >= 4 is 5.78 Å². The Balaban J connectivity index is 1.99. The number of hydrogen-bond acceptors (Lipinski definition) is 1. The number of hydrogen-bond donors (Lipinski definition) is 0. The molecule has 0 bridgehead atoms. The Kier molecular flexibility index (Phi) is 4.51. The maximum atomic E-state index is 12.2. The molecule has 1 heteroatoms. The van der Waals surface area contributed by atoms with Gasteiger partial charge in [-0.2, -0.15) is 0 Å². The summed E-state index contributed by atoms with van der Waals surface area (Å²) in [6.45, 7) is 4.18. The van der Waals surface area contributed by atoms with Crippen LogP contribution in [0.25, 0.3) is 0 Å². The van der Waals surface area contributed by atoms with Crippen molar-refractivity contribution in [2.75, 3.05) is 0 Å². The molecule has 0 aliphatic carbocycles. The fourth-order valence-corrected chi connectivity index (χ4v) is 2.12. The Hall–Kier alpha value is -1.89. The number of benzene rings is 2. The largest absolute Gasteiger partial charge is 0.294 e. The molecular formula is C18H20O. The van der Waals surface area contributed by atoms with Crippen LogP contribution >= 0.6 is 0 Å². The molecule has 0 amide bonds. The van der Waals surface area contributed by atoms with E-state index < -0.39 is 0 Å². The van der Waals surface area contributed by atoms with Gasteiger partial charge >= 0.3 is 0 Å². The van der Waals surface area contributed by atoms with Gasteiger partial charge in [0, 0.05) is 12.0 Å². The van der Waals surface area contributed by atoms with Crippen LogP contribution in [0.1, 0.15) is 40.4 Å². The minimum atomic E-state index is 0.232. The Morgan fingerprint density at radius 3 is 2.42 bits per heavy atom. The number of ketones is 1. The van der Waals surface area contributed by atoms with E-state index in [-0.39, 0.29) is 5.78 Å². The molecule has 0 N–H and O–H groups in total. The van der Waals surface area contributed by atoms with Gasteiger partial charge in [0.15, 0.2) is 5.78 Å². The molecule has 0 radical (unpaired) electrons. The van der Waals surface area contributed by atoms with Gasteiger partial charge in [-0.25, -0.2) is 0 Å². The fourth-order valence-electron chi connectivity index (χ4n) is 2.12. The minimum absolute atomic E-state index is 0.232. The molecule has 0 aromatic heterocycles. The Morgan fingerprint density at radius 1 is 1.00 bits per heavy atom. The van der Waals surface area contributed by atoms with Crippen LogP contribution in [0, 0.1) is 6.92 Å². The van der Waals surface area contributed by atoms with Gasteiger partial charge in [-0.15, -0.1) is 0 Å². The average Bonchev–Trinajstić information content (AvgIpc) is 2.46. The van der Waals surface area contributed by atoms with Crippen LogP contribution < -0.4 is 0 Å². The van der Waals surface area contributed by atoms with E-state index in [1.54, 1.807) is 0 Å². The quantitative estimate of drug-likeness (QED) is 0.722. The molecule has 0 saturated heterocycles. The van der Waals surface area contributed by atoms with Crippen LogP contribution in [-0.4, -0.2) is 5.78 Å². The summed E-state index contributed by atoms with van der Waals surface area (Å²) < 4.78 is 0. The minimum Gasteiger partial charge on any atom is -0.294 e. The summed E-state index contributed by atoms with van der Waals surface area (Å²) in [6.07, 6.45) is 2.37. The van der Waals surface area contributed by atoms with Crippen molar-refractivity contribution in [2.45, 2.75) is 33.1 Å². The highest BCUT2D eigenvalue weighted by Gasteiger charge is 2.06. The number of Topliss-reactive ketones (excluding diaryl/α,β-unsaturated/α-hetero) is 1. The van der Waals surface area contributed by atoms with Crippen molar-refractivity contribution in [1.29, 1.82) is 0 Å². The first-order valence-corrected chi connectivity index (χ1v) is 6.86. The molecule has 2 aromatic rings. The summed E-state index contributed by atoms with van der Waals surface area (Å²) in [7, 11) is 0. The van der Waals surface area contributed by atoms with Gasteiger partial charge in [0.1, 0.15) is 0 Å². The van der Waals surface area contributed by atoms with E-state index in [1.165, 1.54) is 16.7 Å². The SMILES string of the molecule is CCc1cccc(C(=O)CCc2ccc(C)cc2)c1. The first-order chi connectivity index (χ1) is 9.19. The van der Waals surface area contributed by atoms with Crippen LogP contribution in [-0.2, 0) is 12.8 Å². The lowest BCUT2D eigenvalue weighted by atomic mass is 10.00. The van der Waals surface area contributed by atoms with E-state index in [2.05, 4.69) is 44.2 Å². The monoisotopic (exact) mass is 252 g/mol. The highest BCUT2D eigenvalue weighted by Crippen LogP contribution is 2.12. The molecule has 2 rings (SSSR count). The van der Waals surface area contributed by atoms with Crippen LogP contribution in [0.3, 0.4) is 0 Å². The number of carbonyl (C=O) groups is 1. The van der Waals surface area contributed by atoms with Crippen LogP contribution in [0.4, 0.5) is 0 Å². The summed E-state index contributed by atoms with van der Waals surface area (Å²) in [5.74, 6) is 0.232. The van der Waals surface area contributed by atoms with E-state index >= 15 is 0 Å². The molecule has 0 fully saturated rings. The molecule has 98 valence electrons. The predicted octanol–water partition coefficient (Wildman–Crippen LogP) is 4.37. The Bertz CT molecular complexity index is 552. The zero-order valence-electron chi connectivity index (χ0n) is 11.6. The third-order valence-electron chi connectivity index (χ3n) is 3.42. The van der Waals surface area contributed by atoms with Crippen molar-refractivity contribution in [3.63, 3.8) is 0 Å². The lowest BCUT2D eigenvalue weighted by Gasteiger charge is -2.04. The van der Waals surface area contributed by atoms with Crippen molar-refractivity contribution in [3.05, 3.63) is 70.8 Å². The lowest BCUT2D eigenvalue weighted by molar-refractivity contribution is 0.0982. The van der Waals surface area contributed by atoms with Gasteiger partial charge in [-0.1, -0.05) is 55.0 Å². The van der Waals surface area contributed by atoms with Crippen molar-refractivity contribution in [2.24, 2.45) is 0 Å². The second-order valence-corrected chi connectivity index (χ2v) is 4.96. The molecule has 2 aromatic carbocycles. The highest BCUT2D eigenvalue weighted by atomic mass is 16.1. The molecule has 0 unspecified atom stereocenters. The van der Waals surface area contributed by atoms with Gasteiger partial charge in [0.2, 0.25) is 0 Å². The standard InChI is InChI=1S/C18H20O/c1-3-15-5-4-6-17(13-15)18(19)12-11-16-9-7-14(2)8-10-16/h4-10,13H,3,11-12H2,1-2H3. The molecular weight excluding hydrogens is 232 g/mol. The van der Waals surface area contributed by atoms with Crippen molar-refractivity contribution in [3.8, 4) is 0 Å². The van der Waals surface area contributed by atoms with Gasteiger partial charge in [-0.3, -0.25) is 4.79 Å². The highest BCUT2D eigenvalue weighted by molar-refractivity contribution is 5.96. The first-order valence-electron chi connectivity index (χ1n) is 6.86. The maximum Gasteiger partial charge on any atom is 0.163 e. The smallest absolute Gasteiger partial charge is 0.163 e. The number of rotatable bonds is 5. The third-order valence-corrected chi connectivity index (χ3v) is 3.42. The molecule has 19 heavy (non-hydrogen) atoms. The normalized spacial score (nSPS) is 10.4. The second-order valence-electron chi connectivity index (χ2n) is 4.96. The maximum absolute atomic E-state index is 12.2. The Labute approximate surface area is 115 Å². The number of carbonyl (C=O) groups excluding carboxylic acids is 1. The average molecular weight is 252 g/mol. The summed E-state index contributed by atoms with van der Waals surface area (Å²) >= 11 is 0. The third kappa shape index (κ3) is 3.78. The molecule has 0 aliphatic heterocycles. The molecule has 0 atom stereocenters. The van der Waals surface area contributed by atoms with E-state index in [0.717, 1.165) is 18.4 Å². The van der Waals surface area contributed by atoms with E-state index in [4.69, 9.17) is 0 Å². The molecule has 1 nitrogen and oxygen atoms in total. The molecule has 0 spiro atoms. The second kappa shape index (κ2) is 6.33. The van der Waals surface area contributed by atoms with Gasteiger partial charge in [0.05, 0.1) is 0 Å². The van der Waals surface area contributed by atoms with Crippen molar-refractivity contribution < 1.29 is 4.79 Å². The van der Waals surface area contributed by atoms with Crippen LogP contribution in [0.5, 0.6) is 0 Å². The molecule has 0 saturated carbocycles. The van der Waals surface area contributed by atoms with E-state index in [1.807, 2.05) is 18.2 Å². The van der Waals surface area contributed by atoms with Gasteiger partial charge in [0.25, 0.3) is 0 Å². The van der Waals surface area contributed by atoms with Gasteiger partial charge < -0.3 is 0 Å². The van der Waals surface area contributed by atoms with Crippen LogP contribution in [0.15, 0.2) is 48.5 Å².